The van der Waals surface area contributed by atoms with Gasteiger partial charge in [0.25, 0.3) is 0 Å². The molecule has 2 amide bonds. The predicted octanol–water partition coefficient (Wildman–Crippen LogP) is 2.81. The van der Waals surface area contributed by atoms with Crippen molar-refractivity contribution in [1.29, 1.82) is 0 Å². The zero-order valence-electron chi connectivity index (χ0n) is 17.3. The monoisotopic (exact) mass is 403 g/mol. The lowest BCUT2D eigenvalue weighted by atomic mass is 10.0. The minimum absolute atomic E-state index is 0.0424. The number of hydrogen-bond acceptors (Lipinski definition) is 5. The molecule has 0 saturated carbocycles. The zero-order valence-corrected chi connectivity index (χ0v) is 18.1. The van der Waals surface area contributed by atoms with Gasteiger partial charge in [-0.2, -0.15) is 0 Å². The van der Waals surface area contributed by atoms with E-state index >= 15 is 0 Å². The van der Waals surface area contributed by atoms with Gasteiger partial charge in [0.15, 0.2) is 5.16 Å². The molecule has 0 spiro atoms. The molecule has 1 aromatic heterocycles. The highest BCUT2D eigenvalue weighted by atomic mass is 32.2. The van der Waals surface area contributed by atoms with Crippen LogP contribution in [0.25, 0.3) is 5.69 Å². The Morgan fingerprint density at radius 2 is 1.75 bits per heavy atom. The lowest BCUT2D eigenvalue weighted by Crippen LogP contribution is -2.41. The molecule has 1 aromatic carbocycles. The summed E-state index contributed by atoms with van der Waals surface area (Å²) in [4.78, 5) is 27.8. The van der Waals surface area contributed by atoms with Gasteiger partial charge in [-0.1, -0.05) is 37.7 Å². The molecule has 0 N–H and O–H groups in total. The molecule has 7 nitrogen and oxygen atoms in total. The summed E-state index contributed by atoms with van der Waals surface area (Å²) in [5.41, 5.74) is 2.22. The van der Waals surface area contributed by atoms with Crippen molar-refractivity contribution in [2.24, 2.45) is 0 Å². The second-order valence-corrected chi connectivity index (χ2v) is 7.78. The summed E-state index contributed by atoms with van der Waals surface area (Å²) in [6.07, 6.45) is 1.64. The van der Waals surface area contributed by atoms with Gasteiger partial charge in [-0.25, -0.2) is 0 Å². The van der Waals surface area contributed by atoms with Crippen molar-refractivity contribution in [3.05, 3.63) is 36.2 Å². The van der Waals surface area contributed by atoms with Crippen molar-refractivity contribution in [2.75, 3.05) is 32.4 Å². The van der Waals surface area contributed by atoms with Crippen LogP contribution < -0.4 is 0 Å². The molecule has 28 heavy (non-hydrogen) atoms. The summed E-state index contributed by atoms with van der Waals surface area (Å²) in [5.74, 6) is 0.510. The molecule has 0 fully saturated rings. The molecule has 2 rings (SSSR count). The van der Waals surface area contributed by atoms with Gasteiger partial charge >= 0.3 is 0 Å². The normalized spacial score (nSPS) is 10.9. The highest BCUT2D eigenvalue weighted by molar-refractivity contribution is 7.99. The van der Waals surface area contributed by atoms with E-state index in [0.29, 0.717) is 24.2 Å². The number of benzene rings is 1. The van der Waals surface area contributed by atoms with Gasteiger partial charge in [0.2, 0.25) is 11.8 Å². The van der Waals surface area contributed by atoms with Crippen molar-refractivity contribution >= 4 is 23.6 Å². The van der Waals surface area contributed by atoms with Crippen LogP contribution in [0.5, 0.6) is 0 Å². The van der Waals surface area contributed by atoms with Crippen LogP contribution in [-0.4, -0.2) is 68.8 Å². The van der Waals surface area contributed by atoms with Gasteiger partial charge in [0.1, 0.15) is 6.33 Å². The second kappa shape index (κ2) is 10.3. The van der Waals surface area contributed by atoms with Gasteiger partial charge in [-0.15, -0.1) is 10.2 Å². The smallest absolute Gasteiger partial charge is 0.242 e. The third kappa shape index (κ3) is 5.58. The van der Waals surface area contributed by atoms with Crippen LogP contribution in [0.15, 0.2) is 35.7 Å². The summed E-state index contributed by atoms with van der Waals surface area (Å²) >= 11 is 1.32. The summed E-state index contributed by atoms with van der Waals surface area (Å²) in [7, 11) is 1.65. The van der Waals surface area contributed by atoms with E-state index in [1.54, 1.807) is 18.3 Å². The zero-order chi connectivity index (χ0) is 20.7. The molecular weight excluding hydrogens is 374 g/mol. The Bertz CT molecular complexity index is 784. The Kier molecular flexibility index (Phi) is 8.04. The van der Waals surface area contributed by atoms with Gasteiger partial charge in [-0.05, 0) is 37.5 Å². The number of thioether (sulfide) groups is 1. The molecule has 8 heteroatoms. The fourth-order valence-electron chi connectivity index (χ4n) is 2.72. The van der Waals surface area contributed by atoms with E-state index in [4.69, 9.17) is 0 Å². The van der Waals surface area contributed by atoms with Crippen LogP contribution in [0.3, 0.4) is 0 Å². The lowest BCUT2D eigenvalue weighted by Gasteiger charge is -2.23. The molecule has 0 atom stereocenters. The van der Waals surface area contributed by atoms with Gasteiger partial charge in [0.05, 0.1) is 12.3 Å². The van der Waals surface area contributed by atoms with E-state index < -0.39 is 0 Å². The SMILES string of the molecule is CCN(CC)C(=O)CN(C)C(=O)CSc1nncn1-c1ccc(C(C)C)cc1. The number of amides is 2. The van der Waals surface area contributed by atoms with Crippen LogP contribution in [-0.2, 0) is 9.59 Å². The number of carbonyl (C=O) groups is 2. The van der Waals surface area contributed by atoms with Crippen LogP contribution in [0.1, 0.15) is 39.2 Å². The van der Waals surface area contributed by atoms with Gasteiger partial charge in [0, 0.05) is 25.8 Å². The van der Waals surface area contributed by atoms with Crippen molar-refractivity contribution in [1.82, 2.24) is 24.6 Å². The molecule has 0 aliphatic rings. The van der Waals surface area contributed by atoms with Crippen LogP contribution >= 0.6 is 11.8 Å². The first-order valence-electron chi connectivity index (χ1n) is 9.52. The average molecular weight is 404 g/mol. The maximum atomic E-state index is 12.4. The minimum atomic E-state index is -0.116. The molecule has 2 aromatic rings. The van der Waals surface area contributed by atoms with E-state index in [1.807, 2.05) is 30.5 Å². The highest BCUT2D eigenvalue weighted by Crippen LogP contribution is 2.22. The summed E-state index contributed by atoms with van der Waals surface area (Å²) in [6, 6.07) is 8.23. The molecule has 0 unspecified atom stereocenters. The first-order chi connectivity index (χ1) is 13.4. The Labute approximate surface area is 171 Å². The van der Waals surface area contributed by atoms with E-state index in [9.17, 15) is 9.59 Å². The van der Waals surface area contributed by atoms with Crippen LogP contribution in [0.2, 0.25) is 0 Å². The molecule has 152 valence electrons. The number of rotatable bonds is 9. The van der Waals surface area contributed by atoms with Gasteiger partial charge in [-0.3, -0.25) is 14.2 Å². The first kappa shape index (κ1) is 21.9. The fraction of sp³-hybridized carbons (Fsp3) is 0.500. The van der Waals surface area contributed by atoms with Crippen LogP contribution in [0.4, 0.5) is 0 Å². The average Bonchev–Trinajstić information content (AvgIpc) is 3.15. The highest BCUT2D eigenvalue weighted by Gasteiger charge is 2.18. The summed E-state index contributed by atoms with van der Waals surface area (Å²) in [5, 5.41) is 8.75. The van der Waals surface area contributed by atoms with E-state index in [0.717, 1.165) is 5.69 Å². The summed E-state index contributed by atoms with van der Waals surface area (Å²) in [6.45, 7) is 9.55. The number of nitrogens with zero attached hydrogens (tertiary/aromatic N) is 5. The van der Waals surface area contributed by atoms with Crippen molar-refractivity contribution in [3.8, 4) is 5.69 Å². The number of carbonyl (C=O) groups excluding carboxylic acids is 2. The molecule has 1 heterocycles. The maximum Gasteiger partial charge on any atom is 0.242 e. The third-order valence-electron chi connectivity index (χ3n) is 4.59. The van der Waals surface area contributed by atoms with E-state index in [2.05, 4.69) is 36.2 Å². The molecule has 0 bridgehead atoms. The Hall–Kier alpha value is -2.35. The first-order valence-corrected chi connectivity index (χ1v) is 10.5. The number of aromatic nitrogens is 3. The topological polar surface area (TPSA) is 71.3 Å². The molecule has 0 saturated heterocycles. The Morgan fingerprint density at radius 3 is 2.32 bits per heavy atom. The van der Waals surface area contributed by atoms with Crippen molar-refractivity contribution < 1.29 is 9.59 Å². The number of likely N-dealkylation sites (N-methyl/N-ethyl adjacent to an activating group) is 2. The molecule has 0 aliphatic heterocycles. The van der Waals surface area contributed by atoms with Crippen molar-refractivity contribution in [2.45, 2.75) is 38.8 Å². The molecule has 0 radical (unpaired) electrons. The summed E-state index contributed by atoms with van der Waals surface area (Å²) < 4.78 is 1.86. The fourth-order valence-corrected chi connectivity index (χ4v) is 3.59. The number of hydrogen-bond donors (Lipinski definition) is 0. The largest absolute Gasteiger partial charge is 0.342 e. The van der Waals surface area contributed by atoms with Crippen molar-refractivity contribution in [3.63, 3.8) is 0 Å². The van der Waals surface area contributed by atoms with E-state index in [-0.39, 0.29) is 24.1 Å². The molecular formula is C20H29N5O2S. The second-order valence-electron chi connectivity index (χ2n) is 6.83. The van der Waals surface area contributed by atoms with Gasteiger partial charge < -0.3 is 9.80 Å². The van der Waals surface area contributed by atoms with E-state index in [1.165, 1.54) is 22.2 Å². The Balaban J connectivity index is 1.97. The lowest BCUT2D eigenvalue weighted by molar-refractivity contribution is -0.137. The Morgan fingerprint density at radius 1 is 1.11 bits per heavy atom. The molecule has 0 aliphatic carbocycles. The standard InChI is InChI=1S/C20H29N5O2S/c1-6-24(7-2)18(26)12-23(5)19(27)13-28-20-22-21-14-25(20)17-10-8-16(9-11-17)15(3)4/h8-11,14-15H,6-7,12-13H2,1-5H3. The quantitative estimate of drug-likeness (QED) is 0.602. The minimum Gasteiger partial charge on any atom is -0.342 e. The predicted molar refractivity (Wildman–Crippen MR) is 112 cm³/mol. The maximum absolute atomic E-state index is 12.4. The third-order valence-corrected chi connectivity index (χ3v) is 5.52. The van der Waals surface area contributed by atoms with Crippen LogP contribution in [0, 0.1) is 0 Å².